The van der Waals surface area contributed by atoms with Crippen LogP contribution in [-0.4, -0.2) is 63.7 Å². The predicted molar refractivity (Wildman–Crippen MR) is 99.5 cm³/mol. The van der Waals surface area contributed by atoms with Crippen LogP contribution in [0.3, 0.4) is 0 Å². The average Bonchev–Trinajstić information content (AvgIpc) is 3.31. The van der Waals surface area contributed by atoms with Crippen LogP contribution in [0.1, 0.15) is 39.0 Å². The van der Waals surface area contributed by atoms with E-state index in [0.717, 1.165) is 12.2 Å². The van der Waals surface area contributed by atoms with Gasteiger partial charge in [0.15, 0.2) is 5.82 Å². The van der Waals surface area contributed by atoms with Crippen LogP contribution in [0.4, 0.5) is 5.82 Å². The summed E-state index contributed by atoms with van der Waals surface area (Å²) in [4.78, 5) is 6.60. The number of rotatable bonds is 5. The summed E-state index contributed by atoms with van der Waals surface area (Å²) >= 11 is 0. The van der Waals surface area contributed by atoms with Gasteiger partial charge in [-0.05, 0) is 19.3 Å². The van der Waals surface area contributed by atoms with Crippen molar-refractivity contribution in [2.75, 3.05) is 30.3 Å². The number of hydrogen-bond donors (Lipinski definition) is 0. The molecule has 2 fully saturated rings. The van der Waals surface area contributed by atoms with E-state index in [0.29, 0.717) is 31.2 Å². The maximum Gasteiger partial charge on any atom is 0.214 e. The predicted octanol–water partition coefficient (Wildman–Crippen LogP) is 1.54. The molecule has 1 aliphatic carbocycles. The normalized spacial score (nSPS) is 23.1. The highest BCUT2D eigenvalue weighted by atomic mass is 32.2. The van der Waals surface area contributed by atoms with Crippen LogP contribution in [0.15, 0.2) is 18.7 Å². The lowest BCUT2D eigenvalue weighted by atomic mass is 10.1. The first kappa shape index (κ1) is 17.7. The minimum absolute atomic E-state index is 0.0420. The van der Waals surface area contributed by atoms with Crippen LogP contribution in [0.25, 0.3) is 5.65 Å². The Kier molecular flexibility index (Phi) is 4.83. The summed E-state index contributed by atoms with van der Waals surface area (Å²) in [6.45, 7) is 3.64. The lowest BCUT2D eigenvalue weighted by Gasteiger charge is -2.39. The van der Waals surface area contributed by atoms with Gasteiger partial charge in [0, 0.05) is 38.1 Å². The van der Waals surface area contributed by atoms with Crippen LogP contribution in [0.2, 0.25) is 0 Å². The summed E-state index contributed by atoms with van der Waals surface area (Å²) in [6, 6.07) is 0.0420. The molecule has 3 heterocycles. The summed E-state index contributed by atoms with van der Waals surface area (Å²) < 4.78 is 29.0. The molecule has 1 atom stereocenters. The van der Waals surface area contributed by atoms with E-state index >= 15 is 0 Å². The van der Waals surface area contributed by atoms with Gasteiger partial charge in [0.05, 0.1) is 5.75 Å². The van der Waals surface area contributed by atoms with Gasteiger partial charge in [0.2, 0.25) is 15.7 Å². The SMILES string of the molecule is CC1CN(S(=O)(=O)CCC2CCCC2)CCN1c1nccn2cnnc12. The number of hydrogen-bond acceptors (Lipinski definition) is 6. The monoisotopic (exact) mass is 378 g/mol. The van der Waals surface area contributed by atoms with E-state index in [-0.39, 0.29) is 11.8 Å². The molecule has 1 saturated heterocycles. The first-order valence-electron chi connectivity index (χ1n) is 9.43. The first-order chi connectivity index (χ1) is 12.5. The maximum absolute atomic E-state index is 12.8. The number of anilines is 1. The molecule has 26 heavy (non-hydrogen) atoms. The Labute approximate surface area is 154 Å². The molecule has 8 nitrogen and oxygen atoms in total. The van der Waals surface area contributed by atoms with Crippen molar-refractivity contribution in [1.29, 1.82) is 0 Å². The minimum atomic E-state index is -3.19. The number of nitrogens with zero attached hydrogens (tertiary/aromatic N) is 6. The van der Waals surface area contributed by atoms with Gasteiger partial charge in [-0.15, -0.1) is 10.2 Å². The second kappa shape index (κ2) is 7.11. The molecule has 0 spiro atoms. The molecule has 0 radical (unpaired) electrons. The third-order valence-corrected chi connectivity index (χ3v) is 7.58. The summed E-state index contributed by atoms with van der Waals surface area (Å²) in [5.41, 5.74) is 0.705. The van der Waals surface area contributed by atoms with Crippen molar-refractivity contribution >= 4 is 21.5 Å². The number of piperazine rings is 1. The third-order valence-electron chi connectivity index (χ3n) is 5.71. The third kappa shape index (κ3) is 3.42. The fourth-order valence-corrected chi connectivity index (χ4v) is 5.88. The van der Waals surface area contributed by atoms with Gasteiger partial charge in [-0.25, -0.2) is 13.4 Å². The van der Waals surface area contributed by atoms with Crippen molar-refractivity contribution in [3.8, 4) is 0 Å². The molecule has 0 amide bonds. The van der Waals surface area contributed by atoms with Gasteiger partial charge in [-0.2, -0.15) is 4.31 Å². The van der Waals surface area contributed by atoms with Crippen LogP contribution in [-0.2, 0) is 10.0 Å². The molecular formula is C17H26N6O2S. The van der Waals surface area contributed by atoms with Gasteiger partial charge in [-0.3, -0.25) is 4.40 Å². The lowest BCUT2D eigenvalue weighted by molar-refractivity contribution is 0.339. The zero-order valence-electron chi connectivity index (χ0n) is 15.2. The summed E-state index contributed by atoms with van der Waals surface area (Å²) in [6.07, 6.45) is 10.9. The van der Waals surface area contributed by atoms with Crippen molar-refractivity contribution in [3.05, 3.63) is 18.7 Å². The molecule has 2 aromatic heterocycles. The Morgan fingerprint density at radius 3 is 2.81 bits per heavy atom. The van der Waals surface area contributed by atoms with Gasteiger partial charge in [0.1, 0.15) is 6.33 Å². The summed E-state index contributed by atoms with van der Waals surface area (Å²) in [5.74, 6) is 1.64. The lowest BCUT2D eigenvalue weighted by Crippen LogP contribution is -2.54. The van der Waals surface area contributed by atoms with Crippen molar-refractivity contribution < 1.29 is 8.42 Å². The van der Waals surface area contributed by atoms with E-state index in [1.807, 2.05) is 17.5 Å². The molecule has 1 saturated carbocycles. The summed E-state index contributed by atoms with van der Waals surface area (Å²) in [7, 11) is -3.19. The Morgan fingerprint density at radius 1 is 1.23 bits per heavy atom. The van der Waals surface area contributed by atoms with Crippen LogP contribution < -0.4 is 4.90 Å². The molecule has 1 aliphatic heterocycles. The van der Waals surface area contributed by atoms with Crippen LogP contribution in [0.5, 0.6) is 0 Å². The van der Waals surface area contributed by atoms with E-state index in [1.54, 1.807) is 16.8 Å². The van der Waals surface area contributed by atoms with E-state index in [2.05, 4.69) is 20.1 Å². The van der Waals surface area contributed by atoms with Crippen LogP contribution in [0, 0.1) is 5.92 Å². The Balaban J connectivity index is 1.43. The molecule has 1 unspecified atom stereocenters. The van der Waals surface area contributed by atoms with E-state index in [9.17, 15) is 8.42 Å². The van der Waals surface area contributed by atoms with Crippen molar-refractivity contribution in [1.82, 2.24) is 23.9 Å². The molecule has 2 aromatic rings. The second-order valence-corrected chi connectivity index (χ2v) is 9.56. The highest BCUT2D eigenvalue weighted by Gasteiger charge is 2.33. The van der Waals surface area contributed by atoms with E-state index in [4.69, 9.17) is 0 Å². The van der Waals surface area contributed by atoms with Gasteiger partial charge < -0.3 is 4.90 Å². The average molecular weight is 379 g/mol. The number of aromatic nitrogens is 4. The van der Waals surface area contributed by atoms with Crippen molar-refractivity contribution in [2.24, 2.45) is 5.92 Å². The Morgan fingerprint density at radius 2 is 2.04 bits per heavy atom. The molecule has 9 heteroatoms. The zero-order chi connectivity index (χ0) is 18.1. The highest BCUT2D eigenvalue weighted by molar-refractivity contribution is 7.89. The highest BCUT2D eigenvalue weighted by Crippen LogP contribution is 2.29. The smallest absolute Gasteiger partial charge is 0.214 e. The number of sulfonamides is 1. The minimum Gasteiger partial charge on any atom is -0.348 e. The first-order valence-corrected chi connectivity index (χ1v) is 11.0. The Bertz CT molecular complexity index is 861. The molecule has 4 rings (SSSR count). The fourth-order valence-electron chi connectivity index (χ4n) is 4.18. The fraction of sp³-hybridized carbons (Fsp3) is 0.706. The molecular weight excluding hydrogens is 352 g/mol. The largest absolute Gasteiger partial charge is 0.348 e. The Hall–Kier alpha value is -1.74. The van der Waals surface area contributed by atoms with Crippen molar-refractivity contribution in [3.63, 3.8) is 0 Å². The quantitative estimate of drug-likeness (QED) is 0.785. The van der Waals surface area contributed by atoms with Crippen molar-refractivity contribution in [2.45, 2.75) is 45.1 Å². The van der Waals surface area contributed by atoms with Gasteiger partial charge >= 0.3 is 0 Å². The van der Waals surface area contributed by atoms with E-state index < -0.39 is 10.0 Å². The molecule has 2 aliphatic rings. The molecule has 142 valence electrons. The van der Waals surface area contributed by atoms with Crippen LogP contribution >= 0.6 is 0 Å². The zero-order valence-corrected chi connectivity index (χ0v) is 16.0. The summed E-state index contributed by atoms with van der Waals surface area (Å²) in [5, 5.41) is 8.08. The second-order valence-electron chi connectivity index (χ2n) is 7.47. The standard InChI is InChI=1S/C17H26N6O2S/c1-14-12-22(26(24,25)11-6-15-4-2-3-5-15)9-10-23(14)16-17-20-19-13-21(17)8-7-18-16/h7-8,13-15H,2-6,9-12H2,1H3. The maximum atomic E-state index is 12.8. The van der Waals surface area contributed by atoms with Gasteiger partial charge in [-0.1, -0.05) is 25.7 Å². The van der Waals surface area contributed by atoms with E-state index in [1.165, 1.54) is 25.7 Å². The molecule has 0 N–H and O–H groups in total. The molecule has 0 bridgehead atoms. The molecule has 0 aromatic carbocycles. The number of fused-ring (bicyclic) bond motifs is 1. The topological polar surface area (TPSA) is 83.7 Å². The van der Waals surface area contributed by atoms with Gasteiger partial charge in [0.25, 0.3) is 0 Å².